The number of amides is 1. The summed E-state index contributed by atoms with van der Waals surface area (Å²) in [5, 5.41) is 5.37. The molecule has 2 heterocycles. The van der Waals surface area contributed by atoms with Gasteiger partial charge in [-0.2, -0.15) is 0 Å². The van der Waals surface area contributed by atoms with Crippen molar-refractivity contribution < 1.29 is 13.2 Å². The molecule has 1 N–H and O–H groups in total. The summed E-state index contributed by atoms with van der Waals surface area (Å²) in [5.74, 6) is -0.451. The molecular weight excluding hydrogens is 430 g/mol. The molecule has 0 radical (unpaired) electrons. The summed E-state index contributed by atoms with van der Waals surface area (Å²) in [4.78, 5) is 19.9. The van der Waals surface area contributed by atoms with Gasteiger partial charge in [0.25, 0.3) is 5.91 Å². The quantitative estimate of drug-likeness (QED) is 0.573. The minimum atomic E-state index is -3.47. The molecule has 1 amide bonds. The van der Waals surface area contributed by atoms with Crippen molar-refractivity contribution in [1.82, 2.24) is 9.88 Å². The number of sulfone groups is 1. The highest BCUT2D eigenvalue weighted by atomic mass is 32.2. The van der Waals surface area contributed by atoms with E-state index in [1.54, 1.807) is 54.6 Å². The summed E-state index contributed by atoms with van der Waals surface area (Å²) in [6, 6.07) is 15.1. The van der Waals surface area contributed by atoms with Crippen LogP contribution in [0, 0.1) is 0 Å². The van der Waals surface area contributed by atoms with E-state index in [0.717, 1.165) is 25.3 Å². The molecule has 0 spiro atoms. The van der Waals surface area contributed by atoms with Crippen LogP contribution in [0.25, 0.3) is 0 Å². The predicted molar refractivity (Wildman–Crippen MR) is 123 cm³/mol. The van der Waals surface area contributed by atoms with Crippen LogP contribution in [-0.4, -0.2) is 37.3 Å². The van der Waals surface area contributed by atoms with E-state index in [1.165, 1.54) is 30.6 Å². The molecule has 2 aromatic carbocycles. The van der Waals surface area contributed by atoms with E-state index in [4.69, 9.17) is 0 Å². The Labute approximate surface area is 186 Å². The van der Waals surface area contributed by atoms with Crippen molar-refractivity contribution in [3.8, 4) is 0 Å². The molecule has 0 saturated carbocycles. The molecule has 0 bridgehead atoms. The average Bonchev–Trinajstić information content (AvgIpc) is 3.21. The van der Waals surface area contributed by atoms with E-state index in [9.17, 15) is 13.2 Å². The van der Waals surface area contributed by atoms with Gasteiger partial charge in [0.15, 0.2) is 15.0 Å². The summed E-state index contributed by atoms with van der Waals surface area (Å²) < 4.78 is 25.3. The second-order valence-electron chi connectivity index (χ2n) is 7.71. The fourth-order valence-electron chi connectivity index (χ4n) is 3.69. The van der Waals surface area contributed by atoms with Crippen LogP contribution in [-0.2, 0) is 22.1 Å². The first-order valence-electron chi connectivity index (χ1n) is 10.3. The van der Waals surface area contributed by atoms with Gasteiger partial charge >= 0.3 is 0 Å². The van der Waals surface area contributed by atoms with Crippen molar-refractivity contribution in [2.75, 3.05) is 18.4 Å². The van der Waals surface area contributed by atoms with Crippen molar-refractivity contribution in [2.24, 2.45) is 0 Å². The number of benzene rings is 2. The lowest BCUT2D eigenvalue weighted by atomic mass is 10.1. The van der Waals surface area contributed by atoms with Gasteiger partial charge in [0, 0.05) is 17.5 Å². The largest absolute Gasteiger partial charge is 0.298 e. The molecule has 0 atom stereocenters. The van der Waals surface area contributed by atoms with Crippen LogP contribution in [0.3, 0.4) is 0 Å². The van der Waals surface area contributed by atoms with Crippen molar-refractivity contribution >= 4 is 32.2 Å². The fraction of sp³-hybridized carbons (Fsp3) is 0.304. The van der Waals surface area contributed by atoms with Crippen molar-refractivity contribution in [3.05, 3.63) is 76.8 Å². The van der Waals surface area contributed by atoms with E-state index in [1.807, 2.05) is 5.38 Å². The molecule has 1 fully saturated rings. The third-order valence-corrected chi connectivity index (χ3v) is 7.76. The van der Waals surface area contributed by atoms with E-state index >= 15 is 0 Å². The van der Waals surface area contributed by atoms with Gasteiger partial charge in [0.2, 0.25) is 0 Å². The van der Waals surface area contributed by atoms with E-state index in [0.29, 0.717) is 16.3 Å². The Morgan fingerprint density at radius 3 is 2.58 bits per heavy atom. The number of hydrogen-bond acceptors (Lipinski definition) is 6. The van der Waals surface area contributed by atoms with Crippen LogP contribution < -0.4 is 5.32 Å². The van der Waals surface area contributed by atoms with Gasteiger partial charge < -0.3 is 0 Å². The maximum Gasteiger partial charge on any atom is 0.257 e. The monoisotopic (exact) mass is 455 g/mol. The average molecular weight is 456 g/mol. The van der Waals surface area contributed by atoms with Gasteiger partial charge in [-0.25, -0.2) is 13.4 Å². The highest BCUT2D eigenvalue weighted by Crippen LogP contribution is 2.21. The van der Waals surface area contributed by atoms with Crippen molar-refractivity contribution in [2.45, 2.75) is 36.5 Å². The van der Waals surface area contributed by atoms with Crippen LogP contribution in [0.1, 0.15) is 40.9 Å². The summed E-state index contributed by atoms with van der Waals surface area (Å²) >= 11 is 1.41. The molecule has 162 valence electrons. The fourth-order valence-corrected chi connectivity index (χ4v) is 5.74. The Morgan fingerprint density at radius 2 is 1.81 bits per heavy atom. The van der Waals surface area contributed by atoms with Crippen LogP contribution in [0.15, 0.2) is 64.9 Å². The molecule has 1 aromatic heterocycles. The first-order chi connectivity index (χ1) is 15.0. The maximum atomic E-state index is 12.7. The van der Waals surface area contributed by atoms with E-state index < -0.39 is 9.84 Å². The van der Waals surface area contributed by atoms with Crippen LogP contribution in [0.5, 0.6) is 0 Å². The summed E-state index contributed by atoms with van der Waals surface area (Å²) in [5.41, 5.74) is 1.94. The Balaban J connectivity index is 1.40. The summed E-state index contributed by atoms with van der Waals surface area (Å²) in [6.07, 6.45) is 3.74. The van der Waals surface area contributed by atoms with Crippen LogP contribution in [0.2, 0.25) is 0 Å². The molecule has 1 saturated heterocycles. The predicted octanol–water partition coefficient (Wildman–Crippen LogP) is 4.36. The number of anilines is 1. The molecule has 0 aliphatic carbocycles. The highest BCUT2D eigenvalue weighted by molar-refractivity contribution is 7.90. The maximum absolute atomic E-state index is 12.7. The molecule has 4 rings (SSSR count). The van der Waals surface area contributed by atoms with Crippen molar-refractivity contribution in [3.63, 3.8) is 0 Å². The zero-order valence-electron chi connectivity index (χ0n) is 17.2. The third-order valence-electron chi connectivity index (χ3n) is 5.25. The zero-order chi connectivity index (χ0) is 21.7. The molecule has 0 unspecified atom stereocenters. The molecule has 3 aromatic rings. The van der Waals surface area contributed by atoms with Crippen molar-refractivity contribution in [1.29, 1.82) is 0 Å². The van der Waals surface area contributed by atoms with Gasteiger partial charge in [-0.15, -0.1) is 11.3 Å². The lowest BCUT2D eigenvalue weighted by molar-refractivity contribution is 0.102. The SMILES string of the molecule is O=C(Nc1nc(CN2CCCCC2)cs1)c1cccc(CS(=O)(=O)c2ccccc2)c1. The van der Waals surface area contributed by atoms with Crippen LogP contribution in [0.4, 0.5) is 5.13 Å². The summed E-state index contributed by atoms with van der Waals surface area (Å²) in [7, 11) is -3.47. The Hall–Kier alpha value is -2.55. The number of carbonyl (C=O) groups is 1. The van der Waals surface area contributed by atoms with E-state index in [2.05, 4.69) is 15.2 Å². The summed E-state index contributed by atoms with van der Waals surface area (Å²) in [6.45, 7) is 3.00. The third kappa shape index (κ3) is 5.78. The van der Waals surface area contributed by atoms with Gasteiger partial charge in [-0.3, -0.25) is 15.0 Å². The zero-order valence-corrected chi connectivity index (χ0v) is 18.8. The molecule has 31 heavy (non-hydrogen) atoms. The van der Waals surface area contributed by atoms with Gasteiger partial charge in [-0.1, -0.05) is 36.8 Å². The molecule has 8 heteroatoms. The first kappa shape index (κ1) is 21.7. The Kier molecular flexibility index (Phi) is 6.80. The number of aromatic nitrogens is 1. The van der Waals surface area contributed by atoms with Gasteiger partial charge in [-0.05, 0) is 55.8 Å². The van der Waals surface area contributed by atoms with E-state index in [-0.39, 0.29) is 16.6 Å². The second-order valence-corrected chi connectivity index (χ2v) is 10.6. The number of hydrogen-bond donors (Lipinski definition) is 1. The van der Waals surface area contributed by atoms with Crippen LogP contribution >= 0.6 is 11.3 Å². The minimum Gasteiger partial charge on any atom is -0.298 e. The topological polar surface area (TPSA) is 79.4 Å². The number of nitrogens with one attached hydrogen (secondary N) is 1. The minimum absolute atomic E-state index is 0.157. The number of piperidine rings is 1. The number of likely N-dealkylation sites (tertiary alicyclic amines) is 1. The number of carbonyl (C=O) groups excluding carboxylic acids is 1. The highest BCUT2D eigenvalue weighted by Gasteiger charge is 2.17. The smallest absolute Gasteiger partial charge is 0.257 e. The number of thiazole rings is 1. The molecule has 1 aliphatic rings. The molecule has 6 nitrogen and oxygen atoms in total. The second kappa shape index (κ2) is 9.72. The number of rotatable bonds is 7. The molecular formula is C23H25N3O3S2. The van der Waals surface area contributed by atoms with Gasteiger partial charge in [0.05, 0.1) is 16.3 Å². The van der Waals surface area contributed by atoms with Gasteiger partial charge in [0.1, 0.15) is 0 Å². The Morgan fingerprint density at radius 1 is 1.03 bits per heavy atom. The molecule has 1 aliphatic heterocycles. The normalized spacial score (nSPS) is 15.0. The number of nitrogens with zero attached hydrogens (tertiary/aromatic N) is 2. The lowest BCUT2D eigenvalue weighted by Gasteiger charge is -2.25. The first-order valence-corrected chi connectivity index (χ1v) is 12.9. The standard InChI is InChI=1S/C23H25N3O3S2/c27-22(25-23-24-20(16-30-23)15-26-12-5-2-6-13-26)19-9-7-8-18(14-19)17-31(28,29)21-10-3-1-4-11-21/h1,3-4,7-11,14,16H,2,5-6,12-13,15,17H2,(H,24,25,27). The lowest BCUT2D eigenvalue weighted by Crippen LogP contribution is -2.29. The Bertz CT molecular complexity index is 1140.